The lowest BCUT2D eigenvalue weighted by atomic mass is 9.98. The third-order valence-corrected chi connectivity index (χ3v) is 4.06. The molecule has 6 heteroatoms. The number of piperidine rings is 1. The van der Waals surface area contributed by atoms with Gasteiger partial charge in [0.25, 0.3) is 0 Å². The molecule has 2 aromatic heterocycles. The molecule has 0 bridgehead atoms. The maximum absolute atomic E-state index is 6.02. The predicted molar refractivity (Wildman–Crippen MR) is 67.8 cm³/mol. The molecule has 1 saturated heterocycles. The molecule has 0 saturated carbocycles. The van der Waals surface area contributed by atoms with Crippen LogP contribution in [0.5, 0.6) is 0 Å². The van der Waals surface area contributed by atoms with Gasteiger partial charge in [0.15, 0.2) is 0 Å². The van der Waals surface area contributed by atoms with Gasteiger partial charge in [-0.15, -0.1) is 0 Å². The number of likely N-dealkylation sites (tertiary alicyclic amines) is 1. The highest BCUT2D eigenvalue weighted by atomic mass is 32.1. The van der Waals surface area contributed by atoms with Gasteiger partial charge in [-0.2, -0.15) is 4.37 Å². The Hall–Kier alpha value is -1.11. The molecule has 2 aromatic rings. The molecule has 3 rings (SSSR count). The second-order valence-electron chi connectivity index (χ2n) is 4.58. The van der Waals surface area contributed by atoms with E-state index < -0.39 is 0 Å². The van der Waals surface area contributed by atoms with Crippen LogP contribution in [-0.2, 0) is 0 Å². The summed E-state index contributed by atoms with van der Waals surface area (Å²) < 4.78 is 5.16. The summed E-state index contributed by atoms with van der Waals surface area (Å²) in [6.45, 7) is 1.01. The average Bonchev–Trinajstić information content (AvgIpc) is 2.79. The molecule has 1 fully saturated rings. The first-order chi connectivity index (χ1) is 8.24. The van der Waals surface area contributed by atoms with Gasteiger partial charge < -0.3 is 5.73 Å². The van der Waals surface area contributed by atoms with Crippen LogP contribution in [0.2, 0.25) is 0 Å². The minimum Gasteiger partial charge on any atom is -0.328 e. The highest BCUT2D eigenvalue weighted by Crippen LogP contribution is 2.27. The van der Waals surface area contributed by atoms with E-state index in [2.05, 4.69) is 26.3 Å². The van der Waals surface area contributed by atoms with Gasteiger partial charge in [-0.1, -0.05) is 0 Å². The van der Waals surface area contributed by atoms with E-state index in [0.29, 0.717) is 0 Å². The molecule has 0 aromatic carbocycles. The van der Waals surface area contributed by atoms with Gasteiger partial charge in [0.05, 0.1) is 23.1 Å². The molecule has 3 heterocycles. The van der Waals surface area contributed by atoms with Gasteiger partial charge in [-0.05, 0) is 31.4 Å². The highest BCUT2D eigenvalue weighted by Gasteiger charge is 2.27. The molecular weight excluding hydrogens is 234 g/mol. The van der Waals surface area contributed by atoms with Crippen molar-refractivity contribution in [1.29, 1.82) is 0 Å². The molecule has 0 radical (unpaired) electrons. The Labute approximate surface area is 104 Å². The van der Waals surface area contributed by atoms with Crippen LogP contribution in [0.4, 0.5) is 0 Å². The van der Waals surface area contributed by atoms with Crippen LogP contribution in [-0.4, -0.2) is 38.9 Å². The van der Waals surface area contributed by atoms with Crippen LogP contribution >= 0.6 is 11.5 Å². The Morgan fingerprint density at radius 3 is 3.24 bits per heavy atom. The molecule has 1 aliphatic rings. The molecule has 0 spiro atoms. The fourth-order valence-electron chi connectivity index (χ4n) is 2.27. The standard InChI is InChI=1S/C11H15N5S/c1-16-3-2-7(12)4-9(16)11-13-6-10-8(15-11)5-14-17-10/h5-7,9H,2-4,12H2,1H3. The second kappa shape index (κ2) is 4.29. The molecule has 2 atom stereocenters. The number of hydrogen-bond acceptors (Lipinski definition) is 6. The van der Waals surface area contributed by atoms with Crippen molar-refractivity contribution in [2.24, 2.45) is 5.73 Å². The Balaban J connectivity index is 1.95. The summed E-state index contributed by atoms with van der Waals surface area (Å²) >= 11 is 1.43. The zero-order valence-corrected chi connectivity index (χ0v) is 10.5. The highest BCUT2D eigenvalue weighted by molar-refractivity contribution is 7.13. The zero-order chi connectivity index (χ0) is 11.8. The Morgan fingerprint density at radius 2 is 2.35 bits per heavy atom. The van der Waals surface area contributed by atoms with Crippen LogP contribution < -0.4 is 5.73 Å². The summed E-state index contributed by atoms with van der Waals surface area (Å²) in [5.41, 5.74) is 6.96. The first kappa shape index (κ1) is 11.0. The van der Waals surface area contributed by atoms with E-state index in [0.717, 1.165) is 35.4 Å². The Bertz CT molecular complexity index is 525. The SMILES string of the molecule is CN1CCC(N)CC1c1ncc2sncc2n1. The van der Waals surface area contributed by atoms with Crippen LogP contribution in [0.25, 0.3) is 10.2 Å². The topological polar surface area (TPSA) is 67.9 Å². The van der Waals surface area contributed by atoms with Gasteiger partial charge in [0, 0.05) is 12.6 Å². The van der Waals surface area contributed by atoms with Crippen LogP contribution in [0.1, 0.15) is 24.7 Å². The summed E-state index contributed by atoms with van der Waals surface area (Å²) in [7, 11) is 2.11. The maximum atomic E-state index is 6.02. The van der Waals surface area contributed by atoms with Gasteiger partial charge >= 0.3 is 0 Å². The fraction of sp³-hybridized carbons (Fsp3) is 0.545. The smallest absolute Gasteiger partial charge is 0.146 e. The van der Waals surface area contributed by atoms with E-state index in [4.69, 9.17) is 5.73 Å². The van der Waals surface area contributed by atoms with Gasteiger partial charge in [0.2, 0.25) is 0 Å². The summed E-state index contributed by atoms with van der Waals surface area (Å²) in [6, 6.07) is 0.499. The number of aromatic nitrogens is 3. The minimum absolute atomic E-state index is 0.239. The number of rotatable bonds is 1. The van der Waals surface area contributed by atoms with Crippen molar-refractivity contribution >= 4 is 21.7 Å². The first-order valence-electron chi connectivity index (χ1n) is 5.77. The molecular formula is C11H15N5S. The third-order valence-electron chi connectivity index (χ3n) is 3.34. The van der Waals surface area contributed by atoms with Crippen LogP contribution in [0, 0.1) is 0 Å². The van der Waals surface area contributed by atoms with E-state index in [1.165, 1.54) is 11.5 Å². The number of fused-ring (bicyclic) bond motifs is 1. The summed E-state index contributed by atoms with van der Waals surface area (Å²) in [5, 5.41) is 0. The third kappa shape index (κ3) is 2.03. The number of nitrogens with two attached hydrogens (primary N) is 1. The fourth-order valence-corrected chi connectivity index (χ4v) is 2.82. The van der Waals surface area contributed by atoms with Crippen molar-refractivity contribution < 1.29 is 0 Å². The van der Waals surface area contributed by atoms with Crippen molar-refractivity contribution in [2.75, 3.05) is 13.6 Å². The molecule has 0 aliphatic carbocycles. The second-order valence-corrected chi connectivity index (χ2v) is 5.42. The van der Waals surface area contributed by atoms with Crippen molar-refractivity contribution in [1.82, 2.24) is 19.2 Å². The largest absolute Gasteiger partial charge is 0.328 e. The van der Waals surface area contributed by atoms with Gasteiger partial charge in [-0.25, -0.2) is 9.97 Å². The van der Waals surface area contributed by atoms with Crippen LogP contribution in [0.15, 0.2) is 12.4 Å². The average molecular weight is 249 g/mol. The van der Waals surface area contributed by atoms with Crippen molar-refractivity contribution in [3.63, 3.8) is 0 Å². The normalized spacial score (nSPS) is 26.5. The molecule has 90 valence electrons. The summed E-state index contributed by atoms with van der Waals surface area (Å²) in [5.74, 6) is 0.871. The summed E-state index contributed by atoms with van der Waals surface area (Å²) in [4.78, 5) is 11.3. The zero-order valence-electron chi connectivity index (χ0n) is 9.71. The van der Waals surface area contributed by atoms with Crippen LogP contribution in [0.3, 0.4) is 0 Å². The van der Waals surface area contributed by atoms with Crippen molar-refractivity contribution in [2.45, 2.75) is 24.9 Å². The maximum Gasteiger partial charge on any atom is 0.146 e. The molecule has 0 amide bonds. The lowest BCUT2D eigenvalue weighted by molar-refractivity contribution is 0.164. The van der Waals surface area contributed by atoms with E-state index >= 15 is 0 Å². The monoisotopic (exact) mass is 249 g/mol. The Kier molecular flexibility index (Phi) is 2.78. The lowest BCUT2D eigenvalue weighted by Crippen LogP contribution is -2.40. The molecule has 2 N–H and O–H groups in total. The Morgan fingerprint density at radius 1 is 1.47 bits per heavy atom. The molecule has 1 aliphatic heterocycles. The number of hydrogen-bond donors (Lipinski definition) is 1. The predicted octanol–water partition coefficient (Wildman–Crippen LogP) is 1.18. The van der Waals surface area contributed by atoms with E-state index in [1.807, 2.05) is 6.20 Å². The molecule has 2 unspecified atom stereocenters. The van der Waals surface area contributed by atoms with Gasteiger partial charge in [0.1, 0.15) is 11.3 Å². The van der Waals surface area contributed by atoms with Crippen molar-refractivity contribution in [3.8, 4) is 0 Å². The summed E-state index contributed by atoms with van der Waals surface area (Å²) in [6.07, 6.45) is 5.64. The minimum atomic E-state index is 0.239. The molecule has 17 heavy (non-hydrogen) atoms. The van der Waals surface area contributed by atoms with Crippen molar-refractivity contribution in [3.05, 3.63) is 18.2 Å². The van der Waals surface area contributed by atoms with E-state index in [9.17, 15) is 0 Å². The van der Waals surface area contributed by atoms with E-state index in [-0.39, 0.29) is 12.1 Å². The first-order valence-corrected chi connectivity index (χ1v) is 6.54. The lowest BCUT2D eigenvalue weighted by Gasteiger charge is -2.34. The molecule has 5 nitrogen and oxygen atoms in total. The number of nitrogens with zero attached hydrogens (tertiary/aromatic N) is 4. The van der Waals surface area contributed by atoms with Gasteiger partial charge in [-0.3, -0.25) is 4.90 Å². The quantitative estimate of drug-likeness (QED) is 0.822. The van der Waals surface area contributed by atoms with E-state index in [1.54, 1.807) is 6.20 Å².